The summed E-state index contributed by atoms with van der Waals surface area (Å²) in [4.78, 5) is 48.8. The molecule has 3 saturated heterocycles. The Labute approximate surface area is 276 Å². The number of amides is 3. The minimum Gasteiger partial charge on any atom is -0.494 e. The third-order valence-corrected chi connectivity index (χ3v) is 10.3. The van der Waals surface area contributed by atoms with Crippen molar-refractivity contribution in [1.82, 2.24) is 4.90 Å². The Bertz CT molecular complexity index is 1710. The van der Waals surface area contributed by atoms with E-state index >= 15 is 0 Å². The first-order valence-corrected chi connectivity index (χ1v) is 16.3. The molecule has 9 heteroatoms. The second-order valence-corrected chi connectivity index (χ2v) is 12.9. The van der Waals surface area contributed by atoms with E-state index < -0.39 is 29.1 Å². The van der Waals surface area contributed by atoms with Gasteiger partial charge in [0.2, 0.25) is 11.8 Å². The topological polar surface area (TPSA) is 99.6 Å². The molecule has 246 valence electrons. The van der Waals surface area contributed by atoms with Gasteiger partial charge < -0.3 is 29.3 Å². The van der Waals surface area contributed by atoms with Gasteiger partial charge in [-0.2, -0.15) is 0 Å². The first kappa shape index (κ1) is 32.5. The largest absolute Gasteiger partial charge is 0.494 e. The third-order valence-electron chi connectivity index (χ3n) is 10.3. The van der Waals surface area contributed by atoms with E-state index in [9.17, 15) is 19.5 Å². The van der Waals surface area contributed by atoms with Gasteiger partial charge in [-0.3, -0.25) is 14.4 Å². The molecule has 0 saturated carbocycles. The molecule has 0 radical (unpaired) electrons. The lowest BCUT2D eigenvalue weighted by Gasteiger charge is -2.39. The molecule has 2 bridgehead atoms. The van der Waals surface area contributed by atoms with Crippen molar-refractivity contribution in [2.75, 3.05) is 42.6 Å². The van der Waals surface area contributed by atoms with Gasteiger partial charge in [-0.25, -0.2) is 0 Å². The molecule has 3 fully saturated rings. The number of hydrogen-bond donors (Lipinski definition) is 1. The number of carbonyl (C=O) groups is 3. The summed E-state index contributed by atoms with van der Waals surface area (Å²) >= 11 is 0. The van der Waals surface area contributed by atoms with Crippen LogP contribution in [0.15, 0.2) is 92.0 Å². The van der Waals surface area contributed by atoms with Gasteiger partial charge in [-0.1, -0.05) is 49.4 Å². The van der Waals surface area contributed by atoms with Crippen molar-refractivity contribution in [2.24, 2.45) is 17.8 Å². The van der Waals surface area contributed by atoms with Gasteiger partial charge in [0, 0.05) is 31.0 Å². The minimum absolute atomic E-state index is 0.0578. The van der Waals surface area contributed by atoms with Crippen molar-refractivity contribution in [1.29, 1.82) is 0 Å². The predicted molar refractivity (Wildman–Crippen MR) is 182 cm³/mol. The van der Waals surface area contributed by atoms with Crippen LogP contribution < -0.4 is 14.5 Å². The van der Waals surface area contributed by atoms with Crippen molar-refractivity contribution in [2.45, 2.75) is 44.4 Å². The molecule has 1 N–H and O–H groups in total. The number of hydrogen-bond acceptors (Lipinski definition) is 6. The summed E-state index contributed by atoms with van der Waals surface area (Å²) in [5.74, 6) is -2.17. The highest BCUT2D eigenvalue weighted by Gasteiger charge is 2.80. The predicted octanol–water partition coefficient (Wildman–Crippen LogP) is 4.98. The smallest absolute Gasteiger partial charge is 0.253 e. The van der Waals surface area contributed by atoms with Crippen molar-refractivity contribution in [3.8, 4) is 5.75 Å². The van der Waals surface area contributed by atoms with E-state index in [1.807, 2.05) is 87.5 Å². The quantitative estimate of drug-likeness (QED) is 0.282. The number of ether oxygens (including phenoxy) is 2. The molecule has 3 aromatic carbocycles. The van der Waals surface area contributed by atoms with Crippen LogP contribution in [0.3, 0.4) is 0 Å². The van der Waals surface area contributed by atoms with Crippen LogP contribution in [0, 0.1) is 17.8 Å². The zero-order chi connectivity index (χ0) is 33.5. The molecular formula is C38H43N3O6. The van der Waals surface area contributed by atoms with E-state index in [2.05, 4.69) is 13.2 Å². The van der Waals surface area contributed by atoms with Crippen LogP contribution in [0.4, 0.5) is 11.4 Å². The summed E-state index contributed by atoms with van der Waals surface area (Å²) in [7, 11) is 0. The van der Waals surface area contributed by atoms with Crippen molar-refractivity contribution >= 4 is 39.9 Å². The van der Waals surface area contributed by atoms with E-state index in [-0.39, 0.29) is 49.9 Å². The van der Waals surface area contributed by atoms with Crippen LogP contribution >= 0.6 is 0 Å². The maximum atomic E-state index is 14.9. The summed E-state index contributed by atoms with van der Waals surface area (Å²) in [6.07, 6.45) is 3.73. The lowest BCUT2D eigenvalue weighted by molar-refractivity contribution is -0.146. The zero-order valence-corrected chi connectivity index (χ0v) is 27.3. The SMILES string of the molecule is C=CCN(C(=O)C1N(CCO)C(=O)[C@@H]2[C@@H](C(=O)N(CC=C)c3ccc(OCC)cc3)[C@]3(C)OC12CC3C)c1ccc2ccccc2c1. The number of aliphatic hydroxyl groups excluding tert-OH is 1. The highest BCUT2D eigenvalue weighted by Crippen LogP contribution is 2.65. The first-order chi connectivity index (χ1) is 22.6. The Kier molecular flexibility index (Phi) is 8.72. The fourth-order valence-corrected chi connectivity index (χ4v) is 8.19. The second-order valence-electron chi connectivity index (χ2n) is 12.9. The number of nitrogens with zero attached hydrogens (tertiary/aromatic N) is 3. The molecule has 3 aromatic rings. The molecule has 0 aromatic heterocycles. The Hall–Kier alpha value is -4.47. The maximum absolute atomic E-state index is 14.9. The van der Waals surface area contributed by atoms with E-state index in [0.29, 0.717) is 30.2 Å². The number of anilines is 2. The number of carbonyl (C=O) groups excluding carboxylic acids is 3. The fourth-order valence-electron chi connectivity index (χ4n) is 8.19. The normalized spacial score (nSPS) is 27.5. The van der Waals surface area contributed by atoms with Crippen LogP contribution in [0.1, 0.15) is 27.2 Å². The van der Waals surface area contributed by atoms with Gasteiger partial charge >= 0.3 is 0 Å². The molecule has 3 aliphatic heterocycles. The number of benzene rings is 3. The summed E-state index contributed by atoms with van der Waals surface area (Å²) in [6.45, 7) is 14.2. The zero-order valence-electron chi connectivity index (χ0n) is 27.3. The Balaban J connectivity index is 1.42. The van der Waals surface area contributed by atoms with Crippen LogP contribution in [0.5, 0.6) is 5.75 Å². The monoisotopic (exact) mass is 637 g/mol. The molecule has 3 aliphatic rings. The molecule has 47 heavy (non-hydrogen) atoms. The number of likely N-dealkylation sites (tertiary alicyclic amines) is 1. The summed E-state index contributed by atoms with van der Waals surface area (Å²) in [5, 5.41) is 12.1. The summed E-state index contributed by atoms with van der Waals surface area (Å²) in [6, 6.07) is 19.9. The second kappa shape index (κ2) is 12.6. The molecule has 1 spiro atoms. The van der Waals surface area contributed by atoms with Gasteiger partial charge in [-0.05, 0) is 73.4 Å². The number of β-amino-alcohol motifs (C(OH)–C–C–N with tert-alkyl or cyclic N) is 1. The van der Waals surface area contributed by atoms with Crippen LogP contribution in [0.2, 0.25) is 0 Å². The fraction of sp³-hybridized carbons (Fsp3) is 0.395. The van der Waals surface area contributed by atoms with E-state index in [1.165, 1.54) is 4.90 Å². The van der Waals surface area contributed by atoms with Gasteiger partial charge in [0.05, 0.1) is 30.7 Å². The minimum atomic E-state index is -1.26. The van der Waals surface area contributed by atoms with E-state index in [1.54, 1.807) is 22.0 Å². The third kappa shape index (κ3) is 5.12. The average Bonchev–Trinajstić information content (AvgIpc) is 3.58. The molecule has 9 nitrogen and oxygen atoms in total. The maximum Gasteiger partial charge on any atom is 0.253 e. The molecule has 6 atom stereocenters. The number of aliphatic hydroxyl groups is 1. The summed E-state index contributed by atoms with van der Waals surface area (Å²) in [5.41, 5.74) is -0.952. The van der Waals surface area contributed by atoms with Crippen LogP contribution in [-0.4, -0.2) is 77.8 Å². The standard InChI is InChI=1S/C38H43N3O6/c1-6-19-39(28-15-17-30(18-16-28)46-8-3)34(43)31-32-35(44)41(21-22-42)33(38(32)24-25(4)37(31,5)47-38)36(45)40(20-7-2)29-14-13-26-11-9-10-12-27(26)23-29/h6-7,9-18,23,25,31-33,42H,1-2,8,19-22,24H2,3-5H3/t25?,31-,32-,33?,37+,38?/m0/s1. The van der Waals surface area contributed by atoms with Crippen LogP contribution in [0.25, 0.3) is 10.8 Å². The van der Waals surface area contributed by atoms with Crippen LogP contribution in [-0.2, 0) is 19.1 Å². The van der Waals surface area contributed by atoms with Gasteiger partial charge in [0.1, 0.15) is 17.4 Å². The lowest BCUT2D eigenvalue weighted by Crippen LogP contribution is -2.57. The molecular weight excluding hydrogens is 594 g/mol. The van der Waals surface area contributed by atoms with Gasteiger partial charge in [-0.15, -0.1) is 13.2 Å². The van der Waals surface area contributed by atoms with Gasteiger partial charge in [0.25, 0.3) is 5.91 Å². The Morgan fingerprint density at radius 1 is 1.00 bits per heavy atom. The highest BCUT2D eigenvalue weighted by atomic mass is 16.5. The van der Waals surface area contributed by atoms with Crippen molar-refractivity contribution in [3.05, 3.63) is 92.0 Å². The first-order valence-electron chi connectivity index (χ1n) is 16.3. The molecule has 3 heterocycles. The van der Waals surface area contributed by atoms with E-state index in [0.717, 1.165) is 10.8 Å². The van der Waals surface area contributed by atoms with Crippen molar-refractivity contribution in [3.63, 3.8) is 0 Å². The van der Waals surface area contributed by atoms with E-state index in [4.69, 9.17) is 9.47 Å². The number of fused-ring (bicyclic) bond motifs is 2. The molecule has 3 amide bonds. The Morgan fingerprint density at radius 2 is 1.64 bits per heavy atom. The molecule has 3 unspecified atom stereocenters. The van der Waals surface area contributed by atoms with Crippen molar-refractivity contribution < 1.29 is 29.0 Å². The van der Waals surface area contributed by atoms with Gasteiger partial charge in [0.15, 0.2) is 0 Å². The molecule has 6 rings (SSSR count). The lowest BCUT2D eigenvalue weighted by atomic mass is 9.62. The number of rotatable bonds is 12. The Morgan fingerprint density at radius 3 is 2.28 bits per heavy atom. The molecule has 0 aliphatic carbocycles. The average molecular weight is 638 g/mol. The highest BCUT2D eigenvalue weighted by molar-refractivity contribution is 6.07. The summed E-state index contributed by atoms with van der Waals surface area (Å²) < 4.78 is 12.5.